The van der Waals surface area contributed by atoms with Crippen molar-refractivity contribution in [2.75, 3.05) is 5.01 Å². The molecule has 2 aliphatic rings. The van der Waals surface area contributed by atoms with Crippen molar-refractivity contribution in [1.29, 1.82) is 0 Å². The predicted octanol–water partition coefficient (Wildman–Crippen LogP) is 4.87. The van der Waals surface area contributed by atoms with Crippen LogP contribution in [-0.4, -0.2) is 27.0 Å². The fourth-order valence-electron chi connectivity index (χ4n) is 4.93. The van der Waals surface area contributed by atoms with Crippen molar-refractivity contribution < 1.29 is 9.53 Å². The van der Waals surface area contributed by atoms with Crippen LogP contribution in [0, 0.1) is 6.92 Å². The van der Waals surface area contributed by atoms with Gasteiger partial charge in [0.1, 0.15) is 0 Å². The van der Waals surface area contributed by atoms with Gasteiger partial charge in [-0.15, -0.1) is 0 Å². The SMILES string of the molecule is CC1=NN(c2ccccc2)C(=O)C12Oc1c(c(C)nn1-c1ccccc1)C2c1ccccc1. The van der Waals surface area contributed by atoms with Gasteiger partial charge in [0.25, 0.3) is 5.91 Å². The van der Waals surface area contributed by atoms with E-state index in [4.69, 9.17) is 14.9 Å². The van der Waals surface area contributed by atoms with E-state index in [0.29, 0.717) is 17.3 Å². The molecule has 1 aromatic heterocycles. The van der Waals surface area contributed by atoms with E-state index in [2.05, 4.69) is 0 Å². The zero-order valence-corrected chi connectivity index (χ0v) is 18.3. The van der Waals surface area contributed by atoms with Crippen LogP contribution in [0.25, 0.3) is 5.69 Å². The number of carbonyl (C=O) groups is 1. The van der Waals surface area contributed by atoms with Gasteiger partial charge in [-0.25, -0.2) is 4.68 Å². The molecule has 0 N–H and O–H groups in total. The molecule has 6 heteroatoms. The molecular formula is C27H22N4O2. The molecule has 0 saturated heterocycles. The molecule has 0 radical (unpaired) electrons. The molecular weight excluding hydrogens is 412 g/mol. The summed E-state index contributed by atoms with van der Waals surface area (Å²) in [7, 11) is 0. The molecule has 0 aliphatic carbocycles. The summed E-state index contributed by atoms with van der Waals surface area (Å²) in [4.78, 5) is 14.1. The highest BCUT2D eigenvalue weighted by Crippen LogP contribution is 2.53. The monoisotopic (exact) mass is 434 g/mol. The topological polar surface area (TPSA) is 59.7 Å². The van der Waals surface area contributed by atoms with E-state index in [-0.39, 0.29) is 11.8 Å². The van der Waals surface area contributed by atoms with Gasteiger partial charge in [-0.2, -0.15) is 15.2 Å². The van der Waals surface area contributed by atoms with Crippen LogP contribution in [0.15, 0.2) is 96.1 Å². The minimum absolute atomic E-state index is 0.199. The summed E-state index contributed by atoms with van der Waals surface area (Å²) in [5, 5.41) is 10.9. The van der Waals surface area contributed by atoms with Crippen LogP contribution < -0.4 is 9.75 Å². The highest BCUT2D eigenvalue weighted by Gasteiger charge is 2.64. The number of hydrogen-bond donors (Lipinski definition) is 0. The Morgan fingerprint density at radius 2 is 1.39 bits per heavy atom. The lowest BCUT2D eigenvalue weighted by Gasteiger charge is -2.30. The predicted molar refractivity (Wildman–Crippen MR) is 127 cm³/mol. The van der Waals surface area contributed by atoms with Crippen molar-refractivity contribution in [1.82, 2.24) is 9.78 Å². The van der Waals surface area contributed by atoms with Crippen molar-refractivity contribution in [2.24, 2.45) is 5.10 Å². The quantitative estimate of drug-likeness (QED) is 0.462. The van der Waals surface area contributed by atoms with Crippen LogP contribution >= 0.6 is 0 Å². The molecule has 2 aliphatic heterocycles. The van der Waals surface area contributed by atoms with E-state index in [1.165, 1.54) is 5.01 Å². The molecule has 3 heterocycles. The van der Waals surface area contributed by atoms with Crippen molar-refractivity contribution in [3.8, 4) is 11.6 Å². The van der Waals surface area contributed by atoms with Gasteiger partial charge in [0.2, 0.25) is 11.5 Å². The van der Waals surface area contributed by atoms with Gasteiger partial charge in [0.05, 0.1) is 28.7 Å². The summed E-state index contributed by atoms with van der Waals surface area (Å²) < 4.78 is 8.48. The second-order valence-corrected chi connectivity index (χ2v) is 8.37. The van der Waals surface area contributed by atoms with Crippen molar-refractivity contribution in [3.05, 3.63) is 108 Å². The molecule has 33 heavy (non-hydrogen) atoms. The van der Waals surface area contributed by atoms with Gasteiger partial charge < -0.3 is 4.74 Å². The molecule has 0 saturated carbocycles. The standard InChI is InChI=1S/C27H22N4O2/c1-18-23-24(20-12-6-3-7-13-20)27(33-25(23)30(28-18)21-14-8-4-9-15-21)19(2)29-31(26(27)32)22-16-10-5-11-17-22/h3-17,24H,1-2H3. The number of aryl methyl sites for hydroxylation is 1. The summed E-state index contributed by atoms with van der Waals surface area (Å²) in [5.41, 5.74) is 3.69. The smallest absolute Gasteiger partial charge is 0.298 e. The van der Waals surface area contributed by atoms with E-state index in [9.17, 15) is 4.79 Å². The third kappa shape index (κ3) is 2.70. The average molecular weight is 434 g/mol. The summed E-state index contributed by atoms with van der Waals surface area (Å²) in [6.45, 7) is 3.84. The van der Waals surface area contributed by atoms with Gasteiger partial charge in [0, 0.05) is 5.56 Å². The highest BCUT2D eigenvalue weighted by molar-refractivity contribution is 6.23. The molecule has 3 aromatic carbocycles. The maximum atomic E-state index is 14.1. The average Bonchev–Trinajstić information content (AvgIpc) is 3.47. The Morgan fingerprint density at radius 1 is 0.818 bits per heavy atom. The number of benzene rings is 3. The third-order valence-electron chi connectivity index (χ3n) is 6.45. The lowest BCUT2D eigenvalue weighted by molar-refractivity contribution is -0.127. The van der Waals surface area contributed by atoms with Gasteiger partial charge in [-0.3, -0.25) is 4.79 Å². The Bertz CT molecular complexity index is 1380. The first-order valence-electron chi connectivity index (χ1n) is 11.0. The number of fused-ring (bicyclic) bond motifs is 1. The van der Waals surface area contributed by atoms with Crippen LogP contribution in [0.4, 0.5) is 5.69 Å². The molecule has 2 atom stereocenters. The van der Waals surface area contributed by atoms with E-state index < -0.39 is 5.60 Å². The van der Waals surface area contributed by atoms with Crippen molar-refractivity contribution >= 4 is 17.3 Å². The van der Waals surface area contributed by atoms with E-state index in [1.54, 1.807) is 4.68 Å². The number of para-hydroxylation sites is 2. The summed E-state index contributed by atoms with van der Waals surface area (Å²) >= 11 is 0. The summed E-state index contributed by atoms with van der Waals surface area (Å²) in [6, 6.07) is 29.3. The lowest BCUT2D eigenvalue weighted by Crippen LogP contribution is -2.53. The van der Waals surface area contributed by atoms with Crippen molar-refractivity contribution in [2.45, 2.75) is 25.4 Å². The minimum Gasteiger partial charge on any atom is -0.453 e. The molecule has 2 unspecified atom stereocenters. The van der Waals surface area contributed by atoms with E-state index in [0.717, 1.165) is 22.5 Å². The highest BCUT2D eigenvalue weighted by atomic mass is 16.5. The van der Waals surface area contributed by atoms with Crippen LogP contribution in [0.5, 0.6) is 5.88 Å². The Morgan fingerprint density at radius 3 is 2.03 bits per heavy atom. The number of amides is 1. The molecule has 6 nitrogen and oxygen atoms in total. The summed E-state index contributed by atoms with van der Waals surface area (Å²) in [5.74, 6) is 0.0248. The van der Waals surface area contributed by atoms with Gasteiger partial charge >= 0.3 is 0 Å². The van der Waals surface area contributed by atoms with Gasteiger partial charge in [-0.05, 0) is 43.7 Å². The first-order valence-corrected chi connectivity index (χ1v) is 11.0. The Kier molecular flexibility index (Phi) is 4.23. The van der Waals surface area contributed by atoms with Crippen LogP contribution in [0.2, 0.25) is 0 Å². The van der Waals surface area contributed by atoms with Crippen LogP contribution in [0.1, 0.15) is 29.7 Å². The fourth-order valence-corrected chi connectivity index (χ4v) is 4.93. The maximum Gasteiger partial charge on any atom is 0.298 e. The number of anilines is 1. The molecule has 1 spiro atoms. The lowest BCUT2D eigenvalue weighted by atomic mass is 9.76. The minimum atomic E-state index is -1.27. The molecule has 0 bridgehead atoms. The number of rotatable bonds is 3. The van der Waals surface area contributed by atoms with E-state index >= 15 is 0 Å². The maximum absolute atomic E-state index is 14.1. The molecule has 4 aromatic rings. The molecule has 162 valence electrons. The normalized spacial score (nSPS) is 21.3. The Labute approximate surface area is 191 Å². The zero-order valence-electron chi connectivity index (χ0n) is 18.3. The van der Waals surface area contributed by atoms with Crippen LogP contribution in [0.3, 0.4) is 0 Å². The number of carbonyl (C=O) groups excluding carboxylic acids is 1. The second-order valence-electron chi connectivity index (χ2n) is 8.37. The number of aromatic nitrogens is 2. The first kappa shape index (κ1) is 19.5. The first-order chi connectivity index (χ1) is 16.1. The third-order valence-corrected chi connectivity index (χ3v) is 6.45. The Hall–Kier alpha value is -4.19. The van der Waals surface area contributed by atoms with Gasteiger partial charge in [0.15, 0.2) is 0 Å². The molecule has 0 fully saturated rings. The zero-order chi connectivity index (χ0) is 22.6. The Balaban J connectivity index is 1.57. The summed E-state index contributed by atoms with van der Waals surface area (Å²) in [6.07, 6.45) is 0. The number of nitrogens with zero attached hydrogens (tertiary/aromatic N) is 4. The number of hydrogen-bond acceptors (Lipinski definition) is 4. The fraction of sp³-hybridized carbons (Fsp3) is 0.148. The second kappa shape index (κ2) is 7.17. The molecule has 1 amide bonds. The largest absolute Gasteiger partial charge is 0.453 e. The van der Waals surface area contributed by atoms with Crippen molar-refractivity contribution in [3.63, 3.8) is 0 Å². The van der Waals surface area contributed by atoms with Gasteiger partial charge in [-0.1, -0.05) is 66.7 Å². The molecule has 6 rings (SSSR count). The number of ether oxygens (including phenoxy) is 1. The number of hydrazone groups is 1. The van der Waals surface area contributed by atoms with E-state index in [1.807, 2.05) is 105 Å². The van der Waals surface area contributed by atoms with Crippen LogP contribution in [-0.2, 0) is 4.79 Å².